The van der Waals surface area contributed by atoms with Crippen molar-refractivity contribution in [3.05, 3.63) is 53.8 Å². The molecule has 1 N–H and O–H groups in total. The topological polar surface area (TPSA) is 57.2 Å². The highest BCUT2D eigenvalue weighted by Gasteiger charge is 2.48. The van der Waals surface area contributed by atoms with Gasteiger partial charge in [-0.1, -0.05) is 12.1 Å². The number of halogens is 2. The van der Waals surface area contributed by atoms with E-state index >= 15 is 0 Å². The molecule has 1 spiro atoms. The Labute approximate surface area is 206 Å². The Bertz CT molecular complexity index is 1090. The number of piperidine rings is 1. The molecule has 0 bridgehead atoms. The second-order valence-electron chi connectivity index (χ2n) is 9.93. The molecule has 2 aromatic rings. The number of rotatable bonds is 8. The van der Waals surface area contributed by atoms with Gasteiger partial charge >= 0.3 is 6.03 Å². The molecule has 2 aliphatic heterocycles. The molecule has 2 aliphatic rings. The fourth-order valence-corrected chi connectivity index (χ4v) is 4.99. The number of aliphatic imine (C=N–C) groups is 1. The van der Waals surface area contributed by atoms with E-state index in [4.69, 9.17) is 4.74 Å². The van der Waals surface area contributed by atoms with Crippen LogP contribution in [0.1, 0.15) is 46.1 Å². The lowest BCUT2D eigenvalue weighted by atomic mass is 9.83. The van der Waals surface area contributed by atoms with E-state index in [0.717, 1.165) is 18.8 Å². The molecule has 1 unspecified atom stereocenters. The van der Waals surface area contributed by atoms with Gasteiger partial charge in [0.1, 0.15) is 18.2 Å². The Morgan fingerprint density at radius 1 is 1.23 bits per heavy atom. The number of hydrogen-bond acceptors (Lipinski definition) is 4. The number of likely N-dealkylation sites (tertiary alicyclic amines) is 1. The maximum Gasteiger partial charge on any atom is 0.348 e. The molecule has 3 atom stereocenters. The highest BCUT2D eigenvalue weighted by molar-refractivity contribution is 6.08. The lowest BCUT2D eigenvalue weighted by molar-refractivity contribution is 0.124. The van der Waals surface area contributed by atoms with Crippen molar-refractivity contribution in [2.75, 3.05) is 23.4 Å². The monoisotopic (exact) mass is 484 g/mol. The predicted octanol–water partition coefficient (Wildman–Crippen LogP) is 5.82. The number of ether oxygens (including phenoxy) is 1. The first kappa shape index (κ1) is 25.1. The number of anilines is 2. The number of urea groups is 1. The summed E-state index contributed by atoms with van der Waals surface area (Å²) in [4.78, 5) is 20.9. The molecule has 8 heteroatoms. The molecule has 1 saturated heterocycles. The smallest absolute Gasteiger partial charge is 0.348 e. The molecule has 0 saturated carbocycles. The van der Waals surface area contributed by atoms with Crippen molar-refractivity contribution in [1.29, 1.82) is 0 Å². The lowest BCUT2D eigenvalue weighted by Gasteiger charge is -2.46. The maximum atomic E-state index is 14.8. The van der Waals surface area contributed by atoms with Gasteiger partial charge in [-0.25, -0.2) is 18.6 Å². The first-order valence-corrected chi connectivity index (χ1v) is 12.2. The van der Waals surface area contributed by atoms with Crippen molar-refractivity contribution in [2.24, 2.45) is 4.99 Å². The van der Waals surface area contributed by atoms with Crippen LogP contribution in [0.15, 0.2) is 47.5 Å². The molecular formula is C27H34F2N4O2. The predicted molar refractivity (Wildman–Crippen MR) is 136 cm³/mol. The summed E-state index contributed by atoms with van der Waals surface area (Å²) < 4.78 is 33.5. The van der Waals surface area contributed by atoms with E-state index in [1.807, 2.05) is 26.0 Å². The molecule has 0 aliphatic carbocycles. The van der Waals surface area contributed by atoms with Gasteiger partial charge < -0.3 is 10.1 Å². The van der Waals surface area contributed by atoms with Crippen molar-refractivity contribution in [1.82, 2.24) is 4.90 Å². The summed E-state index contributed by atoms with van der Waals surface area (Å²) in [6, 6.07) is 12.0. The van der Waals surface area contributed by atoms with Gasteiger partial charge in [-0.2, -0.15) is 0 Å². The third-order valence-electron chi connectivity index (χ3n) is 6.66. The van der Waals surface area contributed by atoms with Crippen molar-refractivity contribution in [3.8, 4) is 5.75 Å². The zero-order valence-electron chi connectivity index (χ0n) is 20.8. The highest BCUT2D eigenvalue weighted by atomic mass is 19.1. The average Bonchev–Trinajstić information content (AvgIpc) is 3.12. The van der Waals surface area contributed by atoms with Crippen molar-refractivity contribution in [2.45, 2.75) is 70.8 Å². The fraction of sp³-hybridized carbons (Fsp3) is 0.481. The molecule has 2 heterocycles. The number of carbonyl (C=O) groups excluding carboxylic acids is 1. The normalized spacial score (nSPS) is 23.3. The second-order valence-corrected chi connectivity index (χ2v) is 9.93. The highest BCUT2D eigenvalue weighted by Crippen LogP contribution is 2.39. The van der Waals surface area contributed by atoms with Gasteiger partial charge in [0, 0.05) is 31.0 Å². The van der Waals surface area contributed by atoms with Gasteiger partial charge in [0.15, 0.2) is 0 Å². The lowest BCUT2D eigenvalue weighted by Crippen LogP contribution is -2.57. The number of alkyl halides is 1. The minimum absolute atomic E-state index is 0.117. The molecular weight excluding hydrogens is 450 g/mol. The van der Waals surface area contributed by atoms with Gasteiger partial charge in [-0.15, -0.1) is 0 Å². The van der Waals surface area contributed by atoms with Crippen molar-refractivity contribution >= 4 is 23.6 Å². The first-order chi connectivity index (χ1) is 16.7. The average molecular weight is 485 g/mol. The largest absolute Gasteiger partial charge is 0.491 e. The Hall–Kier alpha value is -3.00. The summed E-state index contributed by atoms with van der Waals surface area (Å²) in [5.74, 6) is 0.339. The Kier molecular flexibility index (Phi) is 7.40. The summed E-state index contributed by atoms with van der Waals surface area (Å²) in [6.07, 6.45) is 3.22. The molecule has 188 valence electrons. The van der Waals surface area contributed by atoms with Crippen LogP contribution in [0.2, 0.25) is 0 Å². The number of carbonyl (C=O) groups is 1. The zero-order chi connectivity index (χ0) is 25.2. The van der Waals surface area contributed by atoms with E-state index in [1.165, 1.54) is 11.6 Å². The third kappa shape index (κ3) is 5.48. The number of nitrogens with one attached hydrogen (secondary N) is 1. The summed E-state index contributed by atoms with van der Waals surface area (Å²) in [6.45, 7) is 8.75. The van der Waals surface area contributed by atoms with E-state index in [0.29, 0.717) is 18.5 Å². The Morgan fingerprint density at radius 2 is 2.03 bits per heavy atom. The fourth-order valence-electron chi connectivity index (χ4n) is 4.99. The quantitative estimate of drug-likeness (QED) is 0.513. The number of hydrogen-bond donors (Lipinski definition) is 1. The number of nitrogens with zero attached hydrogens (tertiary/aromatic N) is 3. The van der Waals surface area contributed by atoms with E-state index in [-0.39, 0.29) is 23.9 Å². The van der Waals surface area contributed by atoms with Crippen LogP contribution in [0.3, 0.4) is 0 Å². The van der Waals surface area contributed by atoms with Crippen molar-refractivity contribution < 1.29 is 18.3 Å². The minimum atomic E-state index is -0.605. The zero-order valence-corrected chi connectivity index (χ0v) is 20.8. The number of benzene rings is 2. The summed E-state index contributed by atoms with van der Waals surface area (Å²) in [7, 11) is 0. The van der Waals surface area contributed by atoms with Crippen LogP contribution in [0, 0.1) is 5.82 Å². The minimum Gasteiger partial charge on any atom is -0.491 e. The van der Waals surface area contributed by atoms with Crippen LogP contribution in [-0.2, 0) is 6.54 Å². The van der Waals surface area contributed by atoms with E-state index in [2.05, 4.69) is 34.3 Å². The van der Waals surface area contributed by atoms with E-state index < -0.39 is 24.1 Å². The van der Waals surface area contributed by atoms with Crippen molar-refractivity contribution in [3.63, 3.8) is 0 Å². The van der Waals surface area contributed by atoms with Crippen LogP contribution in [0.4, 0.5) is 25.0 Å². The Balaban J connectivity index is 1.49. The standard InChI is InChI=1S/C27H34F2N4O2/c1-18(2)35-23-7-5-6-21(12-23)16-32-11-10-27(14-20(32)4)17-30-26(34)33(27)22-8-9-25(24(29)13-22)31-19(3)15-28/h5-9,12-13,17-20,31H,10-11,14-16H2,1-4H3/t19?,20-,27+/m0/s1. The van der Waals surface area contributed by atoms with Crippen LogP contribution in [0.25, 0.3) is 0 Å². The van der Waals surface area contributed by atoms with Crippen LogP contribution >= 0.6 is 0 Å². The third-order valence-corrected chi connectivity index (χ3v) is 6.66. The molecule has 2 aromatic carbocycles. The molecule has 1 fully saturated rings. The molecule has 4 rings (SSSR count). The van der Waals surface area contributed by atoms with Crippen LogP contribution in [0.5, 0.6) is 5.75 Å². The molecule has 0 aromatic heterocycles. The van der Waals surface area contributed by atoms with E-state index in [1.54, 1.807) is 30.2 Å². The number of amides is 2. The molecule has 2 amide bonds. The second kappa shape index (κ2) is 10.3. The summed E-state index contributed by atoms with van der Waals surface area (Å²) in [5.41, 5.74) is 1.25. The van der Waals surface area contributed by atoms with Gasteiger partial charge in [0.05, 0.1) is 23.4 Å². The molecule has 0 radical (unpaired) electrons. The first-order valence-electron chi connectivity index (χ1n) is 12.2. The molecule has 6 nitrogen and oxygen atoms in total. The SMILES string of the molecule is CC(CF)Nc1ccc(N2C(=O)N=C[C@]23CCN(Cc2cccc(OC(C)C)c2)[C@@H](C)C3)cc1F. The van der Waals surface area contributed by atoms with Gasteiger partial charge in [0.25, 0.3) is 0 Å². The maximum absolute atomic E-state index is 14.8. The van der Waals surface area contributed by atoms with Crippen LogP contribution < -0.4 is 15.0 Å². The summed E-state index contributed by atoms with van der Waals surface area (Å²) >= 11 is 0. The van der Waals surface area contributed by atoms with Crippen LogP contribution in [-0.4, -0.2) is 54.1 Å². The van der Waals surface area contributed by atoms with Gasteiger partial charge in [-0.3, -0.25) is 9.80 Å². The Morgan fingerprint density at radius 3 is 2.71 bits per heavy atom. The molecule has 35 heavy (non-hydrogen) atoms. The van der Waals surface area contributed by atoms with E-state index in [9.17, 15) is 13.6 Å². The summed E-state index contributed by atoms with van der Waals surface area (Å²) in [5, 5.41) is 2.81. The van der Waals surface area contributed by atoms with Gasteiger partial charge in [-0.05, 0) is 76.4 Å². The van der Waals surface area contributed by atoms with Gasteiger partial charge in [0.2, 0.25) is 0 Å².